The number of hydrogen-bond donors (Lipinski definition) is 0. The molecule has 3 aromatic heterocycles. The highest BCUT2D eigenvalue weighted by Gasteiger charge is 2.14. The molecule has 0 N–H and O–H groups in total. The second kappa shape index (κ2) is 7.99. The fourth-order valence-corrected chi connectivity index (χ4v) is 4.32. The largest absolute Gasteiger partial charge is 0.497 e. The van der Waals surface area contributed by atoms with E-state index in [1.165, 1.54) is 23.1 Å². The second-order valence-corrected chi connectivity index (χ2v) is 7.68. The van der Waals surface area contributed by atoms with Gasteiger partial charge in [0, 0.05) is 35.5 Å². The van der Waals surface area contributed by atoms with Crippen molar-refractivity contribution in [2.45, 2.75) is 17.5 Å². The van der Waals surface area contributed by atoms with Crippen molar-refractivity contribution in [3.63, 3.8) is 0 Å². The normalized spacial score (nSPS) is 11.0. The predicted molar refractivity (Wildman–Crippen MR) is 111 cm³/mol. The van der Waals surface area contributed by atoms with Crippen LogP contribution in [-0.4, -0.2) is 31.3 Å². The van der Waals surface area contributed by atoms with Crippen LogP contribution >= 0.6 is 23.1 Å². The molecule has 0 aliphatic heterocycles. The van der Waals surface area contributed by atoms with Gasteiger partial charge in [-0.15, -0.1) is 28.1 Å². The van der Waals surface area contributed by atoms with E-state index in [2.05, 4.69) is 21.8 Å². The highest BCUT2D eigenvalue weighted by atomic mass is 32.2. The third kappa shape index (κ3) is 3.58. The Hall–Kier alpha value is -2.91. The summed E-state index contributed by atoms with van der Waals surface area (Å²) in [6, 6.07) is 9.24. The number of methoxy groups -OCH3 is 1. The highest BCUT2D eigenvalue weighted by Crippen LogP contribution is 2.27. The third-order valence-electron chi connectivity index (χ3n) is 4.08. The van der Waals surface area contributed by atoms with Crippen LogP contribution in [0.2, 0.25) is 0 Å². The average Bonchev–Trinajstić information content (AvgIpc) is 3.34. The van der Waals surface area contributed by atoms with Crippen molar-refractivity contribution in [2.75, 3.05) is 7.11 Å². The Kier molecular flexibility index (Phi) is 5.27. The number of thioether (sulfide) groups is 1. The van der Waals surface area contributed by atoms with Gasteiger partial charge in [-0.05, 0) is 24.3 Å². The van der Waals surface area contributed by atoms with Crippen molar-refractivity contribution in [2.24, 2.45) is 0 Å². The maximum absolute atomic E-state index is 12.1. The van der Waals surface area contributed by atoms with Gasteiger partial charge in [0.15, 0.2) is 15.9 Å². The lowest BCUT2D eigenvalue weighted by molar-refractivity contribution is 0.415. The summed E-state index contributed by atoms with van der Waals surface area (Å²) in [7, 11) is 1.64. The van der Waals surface area contributed by atoms with Crippen LogP contribution in [0.1, 0.15) is 5.69 Å². The first-order valence-electron chi connectivity index (χ1n) is 8.46. The molecule has 1 aromatic carbocycles. The molecule has 0 bridgehead atoms. The lowest BCUT2D eigenvalue weighted by Crippen LogP contribution is -2.12. The van der Waals surface area contributed by atoms with Crippen molar-refractivity contribution >= 4 is 28.1 Å². The van der Waals surface area contributed by atoms with Crippen LogP contribution in [0.15, 0.2) is 64.5 Å². The van der Waals surface area contributed by atoms with E-state index in [4.69, 9.17) is 4.74 Å². The molecule has 0 saturated carbocycles. The van der Waals surface area contributed by atoms with Crippen LogP contribution in [0.25, 0.3) is 16.3 Å². The first kappa shape index (κ1) is 18.5. The van der Waals surface area contributed by atoms with Gasteiger partial charge in [-0.3, -0.25) is 13.8 Å². The number of hydrogen-bond acceptors (Lipinski definition) is 7. The number of allylic oxidation sites excluding steroid dienone is 1. The van der Waals surface area contributed by atoms with Gasteiger partial charge < -0.3 is 4.74 Å². The number of nitrogens with zero attached hydrogens (tertiary/aromatic N) is 5. The topological polar surface area (TPSA) is 74.3 Å². The molecule has 0 aliphatic rings. The molecule has 28 heavy (non-hydrogen) atoms. The zero-order valence-corrected chi connectivity index (χ0v) is 16.7. The molecular weight excluding hydrogens is 394 g/mol. The summed E-state index contributed by atoms with van der Waals surface area (Å²) in [5.41, 5.74) is 1.59. The van der Waals surface area contributed by atoms with Gasteiger partial charge in [-0.25, -0.2) is 4.98 Å². The van der Waals surface area contributed by atoms with Crippen molar-refractivity contribution in [1.29, 1.82) is 0 Å². The Morgan fingerprint density at radius 2 is 2.11 bits per heavy atom. The maximum Gasteiger partial charge on any atom is 0.258 e. The minimum Gasteiger partial charge on any atom is -0.497 e. The molecule has 0 aliphatic carbocycles. The molecule has 0 atom stereocenters. The Morgan fingerprint density at radius 3 is 2.86 bits per heavy atom. The van der Waals surface area contributed by atoms with Crippen molar-refractivity contribution < 1.29 is 4.74 Å². The number of rotatable bonds is 7. The van der Waals surface area contributed by atoms with E-state index in [9.17, 15) is 4.79 Å². The van der Waals surface area contributed by atoms with E-state index in [0.717, 1.165) is 28.0 Å². The molecule has 0 spiro atoms. The van der Waals surface area contributed by atoms with Crippen LogP contribution in [0, 0.1) is 0 Å². The van der Waals surface area contributed by atoms with E-state index >= 15 is 0 Å². The molecule has 0 saturated heterocycles. The number of thiazole rings is 1. The average molecular weight is 412 g/mol. The molecule has 0 unspecified atom stereocenters. The molecule has 142 valence electrons. The van der Waals surface area contributed by atoms with Gasteiger partial charge in [-0.2, -0.15) is 0 Å². The van der Waals surface area contributed by atoms with Crippen LogP contribution in [-0.2, 0) is 12.3 Å². The molecule has 0 amide bonds. The number of fused-ring (bicyclic) bond motifs is 1. The van der Waals surface area contributed by atoms with Crippen molar-refractivity contribution in [3.8, 4) is 17.1 Å². The Morgan fingerprint density at radius 1 is 1.29 bits per heavy atom. The van der Waals surface area contributed by atoms with Gasteiger partial charge in [-0.1, -0.05) is 17.8 Å². The van der Waals surface area contributed by atoms with Crippen LogP contribution < -0.4 is 10.3 Å². The summed E-state index contributed by atoms with van der Waals surface area (Å²) in [4.78, 5) is 17.4. The highest BCUT2D eigenvalue weighted by molar-refractivity contribution is 7.98. The van der Waals surface area contributed by atoms with Gasteiger partial charge >= 0.3 is 0 Å². The predicted octanol–water partition coefficient (Wildman–Crippen LogP) is 3.50. The summed E-state index contributed by atoms with van der Waals surface area (Å²) in [6.07, 6.45) is 3.54. The minimum absolute atomic E-state index is 0.0756. The first-order valence-corrected chi connectivity index (χ1v) is 10.3. The lowest BCUT2D eigenvalue weighted by Gasteiger charge is -2.08. The van der Waals surface area contributed by atoms with Crippen LogP contribution in [0.3, 0.4) is 0 Å². The van der Waals surface area contributed by atoms with Crippen molar-refractivity contribution in [3.05, 3.63) is 70.6 Å². The third-order valence-corrected chi connectivity index (χ3v) is 5.84. The standard InChI is InChI=1S/C19H17N5O2S2/c1-3-8-24-17(13-4-6-15(26-2)7-5-13)21-22-19(24)28-12-14-11-16(25)23-9-10-27-18(23)20-14/h3-7,9-11H,1,8,12H2,2H3. The minimum atomic E-state index is -0.0756. The molecular formula is C19H17N5O2S2. The molecule has 9 heteroatoms. The molecule has 4 aromatic rings. The Bertz CT molecular complexity index is 1180. The summed E-state index contributed by atoms with van der Waals surface area (Å²) in [6.45, 7) is 4.42. The molecule has 7 nitrogen and oxygen atoms in total. The van der Waals surface area contributed by atoms with Gasteiger partial charge in [0.1, 0.15) is 5.75 Å². The quantitative estimate of drug-likeness (QED) is 0.342. The monoisotopic (exact) mass is 411 g/mol. The molecule has 0 radical (unpaired) electrons. The van der Waals surface area contributed by atoms with Crippen molar-refractivity contribution in [1.82, 2.24) is 24.1 Å². The summed E-state index contributed by atoms with van der Waals surface area (Å²) in [5, 5.41) is 11.3. The molecule has 3 heterocycles. The van der Waals surface area contributed by atoms with E-state index in [-0.39, 0.29) is 5.56 Å². The van der Waals surface area contributed by atoms with Gasteiger partial charge in [0.25, 0.3) is 5.56 Å². The van der Waals surface area contributed by atoms with Gasteiger partial charge in [0.05, 0.1) is 12.8 Å². The van der Waals surface area contributed by atoms with E-state index in [1.54, 1.807) is 23.8 Å². The SMILES string of the molecule is C=CCn1c(SCc2cc(=O)n3ccsc3n2)nnc1-c1ccc(OC)cc1. The summed E-state index contributed by atoms with van der Waals surface area (Å²) in [5.74, 6) is 2.07. The summed E-state index contributed by atoms with van der Waals surface area (Å²) < 4.78 is 8.75. The lowest BCUT2D eigenvalue weighted by atomic mass is 10.2. The summed E-state index contributed by atoms with van der Waals surface area (Å²) >= 11 is 2.93. The smallest absolute Gasteiger partial charge is 0.258 e. The van der Waals surface area contributed by atoms with Crippen LogP contribution in [0.5, 0.6) is 5.75 Å². The maximum atomic E-state index is 12.1. The number of aromatic nitrogens is 5. The van der Waals surface area contributed by atoms with Crippen LogP contribution in [0.4, 0.5) is 0 Å². The molecule has 4 rings (SSSR count). The van der Waals surface area contributed by atoms with E-state index in [1.807, 2.05) is 40.3 Å². The van der Waals surface area contributed by atoms with E-state index in [0.29, 0.717) is 17.3 Å². The number of benzene rings is 1. The zero-order chi connectivity index (χ0) is 19.5. The van der Waals surface area contributed by atoms with E-state index < -0.39 is 0 Å². The molecule has 0 fully saturated rings. The number of ether oxygens (including phenoxy) is 1. The second-order valence-electron chi connectivity index (χ2n) is 5.86. The zero-order valence-electron chi connectivity index (χ0n) is 15.1. The Balaban J connectivity index is 1.60. The first-order chi connectivity index (χ1) is 13.7. The fraction of sp³-hybridized carbons (Fsp3) is 0.158. The van der Waals surface area contributed by atoms with Gasteiger partial charge in [0.2, 0.25) is 0 Å². The fourth-order valence-electron chi connectivity index (χ4n) is 2.74. The Labute approximate surface area is 169 Å².